The van der Waals surface area contributed by atoms with Gasteiger partial charge in [0, 0.05) is 5.54 Å². The number of hydrogen-bond donors (Lipinski definition) is 0. The molecule has 1 rings (SSSR count). The number of halogens is 2. The Morgan fingerprint density at radius 2 is 2.17 bits per heavy atom. The molecule has 0 aliphatic carbocycles. The lowest BCUT2D eigenvalue weighted by Gasteiger charge is -2.04. The normalized spacial score (nSPS) is 11.4. The number of benzene rings is 1. The second kappa shape index (κ2) is 4.12. The Morgan fingerprint density at radius 3 is 2.75 bits per heavy atom. The molecule has 3 heteroatoms. The molecule has 0 atom stereocenters. The second-order valence-corrected chi connectivity index (χ2v) is 2.47. The van der Waals surface area contributed by atoms with Crippen LogP contribution >= 0.6 is 11.6 Å². The van der Waals surface area contributed by atoms with Crippen molar-refractivity contribution in [1.29, 1.82) is 0 Å². The highest BCUT2D eigenvalue weighted by molar-refractivity contribution is 6.25. The van der Waals surface area contributed by atoms with Crippen LogP contribution in [0.2, 0.25) is 0 Å². The Hall–Kier alpha value is -1.02. The summed E-state index contributed by atoms with van der Waals surface area (Å²) in [5.41, 5.74) is 1.26. The van der Waals surface area contributed by atoms with Gasteiger partial charge in [0.1, 0.15) is 5.76 Å². The summed E-state index contributed by atoms with van der Waals surface area (Å²) >= 11 is 5.34. The van der Waals surface area contributed by atoms with Crippen LogP contribution in [0.4, 0.5) is 4.39 Å². The molecule has 0 saturated carbocycles. The molecular weight excluding hydrogens is 179 g/mol. The molecule has 0 aliphatic heterocycles. The van der Waals surface area contributed by atoms with Crippen LogP contribution < -0.4 is 4.74 Å². The first kappa shape index (κ1) is 9.07. The van der Waals surface area contributed by atoms with Gasteiger partial charge in [0.2, 0.25) is 0 Å². The number of rotatable bonds is 2. The van der Waals surface area contributed by atoms with Crippen LogP contribution in [0, 0.1) is 5.82 Å². The van der Waals surface area contributed by atoms with Gasteiger partial charge in [-0.15, -0.1) is 0 Å². The third-order valence-corrected chi connectivity index (χ3v) is 1.57. The number of para-hydroxylation sites is 1. The minimum Gasteiger partial charge on any atom is -0.458 e. The monoisotopic (exact) mass is 186 g/mol. The molecule has 1 nitrogen and oxygen atoms in total. The molecule has 1 aromatic rings. The van der Waals surface area contributed by atoms with Crippen LogP contribution in [0.25, 0.3) is 0 Å². The first-order valence-corrected chi connectivity index (χ1v) is 3.87. The van der Waals surface area contributed by atoms with Gasteiger partial charge < -0.3 is 4.74 Å². The summed E-state index contributed by atoms with van der Waals surface area (Å²) in [7, 11) is 0. The molecule has 0 saturated heterocycles. The highest BCUT2D eigenvalue weighted by Gasteiger charge is 2.00. The average Bonchev–Trinajstić information content (AvgIpc) is 2.09. The lowest BCUT2D eigenvalue weighted by molar-refractivity contribution is 0.399. The molecule has 12 heavy (non-hydrogen) atoms. The van der Waals surface area contributed by atoms with E-state index in [1.807, 2.05) is 0 Å². The van der Waals surface area contributed by atoms with E-state index in [9.17, 15) is 4.39 Å². The molecule has 0 amide bonds. The van der Waals surface area contributed by atoms with Crippen molar-refractivity contribution in [2.24, 2.45) is 0 Å². The van der Waals surface area contributed by atoms with Gasteiger partial charge in [-0.05, 0) is 19.1 Å². The van der Waals surface area contributed by atoms with Gasteiger partial charge >= 0.3 is 0 Å². The molecule has 0 aromatic heterocycles. The van der Waals surface area contributed by atoms with Crippen LogP contribution in [0.5, 0.6) is 5.75 Å². The average molecular weight is 187 g/mol. The number of allylic oxidation sites excluding steroid dienone is 1. The number of ether oxygens (including phenoxy) is 1. The van der Waals surface area contributed by atoms with Gasteiger partial charge in [-0.1, -0.05) is 23.7 Å². The lowest BCUT2D eigenvalue weighted by atomic mass is 10.3. The van der Waals surface area contributed by atoms with Gasteiger partial charge in [-0.3, -0.25) is 0 Å². The maximum Gasteiger partial charge on any atom is 0.165 e. The topological polar surface area (TPSA) is 9.23 Å². The molecule has 0 radical (unpaired) electrons. The van der Waals surface area contributed by atoms with Gasteiger partial charge in [0.25, 0.3) is 0 Å². The van der Waals surface area contributed by atoms with Gasteiger partial charge in [0.15, 0.2) is 11.6 Å². The van der Waals surface area contributed by atoms with Crippen molar-refractivity contribution in [2.75, 3.05) is 0 Å². The van der Waals surface area contributed by atoms with Crippen molar-refractivity contribution in [3.8, 4) is 5.75 Å². The summed E-state index contributed by atoms with van der Waals surface area (Å²) in [5.74, 6) is 0.254. The van der Waals surface area contributed by atoms with E-state index in [4.69, 9.17) is 16.3 Å². The zero-order chi connectivity index (χ0) is 8.97. The maximum atomic E-state index is 12.9. The van der Waals surface area contributed by atoms with Crippen LogP contribution in [-0.2, 0) is 0 Å². The van der Waals surface area contributed by atoms with Crippen molar-refractivity contribution >= 4 is 11.6 Å². The van der Waals surface area contributed by atoms with Crippen LogP contribution in [-0.4, -0.2) is 0 Å². The molecule has 0 N–H and O–H groups in total. The molecule has 0 heterocycles. The smallest absolute Gasteiger partial charge is 0.165 e. The van der Waals surface area contributed by atoms with E-state index in [0.29, 0.717) is 5.76 Å². The molecule has 0 aliphatic rings. The Labute approximate surface area is 75.4 Å². The minimum absolute atomic E-state index is 0.187. The lowest BCUT2D eigenvalue weighted by Crippen LogP contribution is -1.91. The molecule has 0 unspecified atom stereocenters. The zero-order valence-corrected chi connectivity index (χ0v) is 7.31. The molecule has 1 aromatic carbocycles. The summed E-state index contributed by atoms with van der Waals surface area (Å²) in [6, 6.07) is 6.16. The maximum absolute atomic E-state index is 12.9. The molecule has 0 fully saturated rings. The van der Waals surface area contributed by atoms with Crippen LogP contribution in [0.1, 0.15) is 6.92 Å². The third-order valence-electron chi connectivity index (χ3n) is 1.26. The number of hydrogen-bond acceptors (Lipinski definition) is 1. The molecule has 0 bridgehead atoms. The second-order valence-electron chi connectivity index (χ2n) is 2.25. The summed E-state index contributed by atoms with van der Waals surface area (Å²) in [6.07, 6.45) is 0. The van der Waals surface area contributed by atoms with Gasteiger partial charge in [-0.2, -0.15) is 0 Å². The van der Waals surface area contributed by atoms with Crippen molar-refractivity contribution < 1.29 is 9.13 Å². The zero-order valence-electron chi connectivity index (χ0n) is 6.55. The van der Waals surface area contributed by atoms with E-state index >= 15 is 0 Å². The van der Waals surface area contributed by atoms with E-state index in [1.165, 1.54) is 11.6 Å². The predicted octanol–water partition coefficient (Wildman–Crippen LogP) is 3.30. The fraction of sp³-hybridized carbons (Fsp3) is 0.111. The fourth-order valence-electron chi connectivity index (χ4n) is 0.723. The minimum atomic E-state index is -0.393. The Balaban J connectivity index is 2.82. The summed E-state index contributed by atoms with van der Waals surface area (Å²) in [4.78, 5) is 0. The first-order chi connectivity index (χ1) is 5.74. The van der Waals surface area contributed by atoms with Crippen LogP contribution in [0.15, 0.2) is 35.6 Å². The van der Waals surface area contributed by atoms with Crippen molar-refractivity contribution in [3.63, 3.8) is 0 Å². The van der Waals surface area contributed by atoms with Crippen molar-refractivity contribution in [3.05, 3.63) is 41.4 Å². The Bertz CT molecular complexity index is 296. The largest absolute Gasteiger partial charge is 0.458 e. The summed E-state index contributed by atoms with van der Waals surface area (Å²) in [5, 5.41) is 0. The van der Waals surface area contributed by atoms with Gasteiger partial charge in [-0.25, -0.2) is 4.39 Å². The molecular formula is C9H8ClFO. The Kier molecular flexibility index (Phi) is 3.11. The molecule has 0 spiro atoms. The highest BCUT2D eigenvalue weighted by atomic mass is 35.5. The van der Waals surface area contributed by atoms with E-state index < -0.39 is 5.82 Å². The van der Waals surface area contributed by atoms with Crippen molar-refractivity contribution in [2.45, 2.75) is 6.92 Å². The predicted molar refractivity (Wildman–Crippen MR) is 46.6 cm³/mol. The molecule has 64 valence electrons. The quantitative estimate of drug-likeness (QED) is 0.644. The third kappa shape index (κ3) is 2.24. The fourth-order valence-corrected chi connectivity index (χ4v) is 0.768. The highest BCUT2D eigenvalue weighted by Crippen LogP contribution is 2.18. The summed E-state index contributed by atoms with van der Waals surface area (Å²) < 4.78 is 17.9. The van der Waals surface area contributed by atoms with Gasteiger partial charge in [0.05, 0.1) is 0 Å². The Morgan fingerprint density at radius 1 is 1.50 bits per heavy atom. The van der Waals surface area contributed by atoms with E-state index in [1.54, 1.807) is 25.1 Å². The first-order valence-electron chi connectivity index (χ1n) is 3.43. The van der Waals surface area contributed by atoms with E-state index in [-0.39, 0.29) is 5.75 Å². The standard InChI is InChI=1S/C9H8ClFO/c1-7(6-10)12-9-5-3-2-4-8(9)11/h2-6H,1H3. The summed E-state index contributed by atoms with van der Waals surface area (Å²) in [6.45, 7) is 1.65. The van der Waals surface area contributed by atoms with E-state index in [2.05, 4.69) is 0 Å². The van der Waals surface area contributed by atoms with Crippen molar-refractivity contribution in [1.82, 2.24) is 0 Å². The SMILES string of the molecule is CC(=CCl)Oc1ccccc1F. The van der Waals surface area contributed by atoms with E-state index in [0.717, 1.165) is 0 Å². The van der Waals surface area contributed by atoms with Crippen LogP contribution in [0.3, 0.4) is 0 Å².